The van der Waals surface area contributed by atoms with E-state index >= 15 is 0 Å². The first-order chi connectivity index (χ1) is 8.65. The Kier molecular flexibility index (Phi) is 2.26. The molecule has 5 heteroatoms. The number of hydrogen-bond acceptors (Lipinski definition) is 4. The molecule has 2 heterocycles. The Morgan fingerprint density at radius 3 is 2.72 bits per heavy atom. The molecule has 0 saturated heterocycles. The van der Waals surface area contributed by atoms with Crippen molar-refractivity contribution in [2.45, 2.75) is 13.8 Å². The molecule has 0 unspecified atom stereocenters. The van der Waals surface area contributed by atoms with Crippen LogP contribution in [0.3, 0.4) is 0 Å². The SMILES string of the molecule is Cc1cc(C)n2c(-c3cccc(N)c3)nnc2n1. The third kappa shape index (κ3) is 1.60. The van der Waals surface area contributed by atoms with E-state index in [0.29, 0.717) is 11.5 Å². The van der Waals surface area contributed by atoms with Crippen LogP contribution in [0.2, 0.25) is 0 Å². The van der Waals surface area contributed by atoms with Crippen molar-refractivity contribution in [1.29, 1.82) is 0 Å². The summed E-state index contributed by atoms with van der Waals surface area (Å²) in [5.41, 5.74) is 9.44. The number of anilines is 1. The van der Waals surface area contributed by atoms with E-state index in [1.807, 2.05) is 48.6 Å². The van der Waals surface area contributed by atoms with Gasteiger partial charge in [0.15, 0.2) is 5.82 Å². The predicted molar refractivity (Wildman–Crippen MR) is 70.1 cm³/mol. The van der Waals surface area contributed by atoms with Crippen LogP contribution in [0.4, 0.5) is 5.69 Å². The van der Waals surface area contributed by atoms with Crippen molar-refractivity contribution in [3.63, 3.8) is 0 Å². The summed E-state index contributed by atoms with van der Waals surface area (Å²) in [6, 6.07) is 9.61. The molecule has 0 fully saturated rings. The molecular formula is C13H13N5. The third-order valence-corrected chi connectivity index (χ3v) is 2.84. The van der Waals surface area contributed by atoms with Crippen molar-refractivity contribution in [2.24, 2.45) is 0 Å². The lowest BCUT2D eigenvalue weighted by Crippen LogP contribution is -1.98. The Balaban J connectivity index is 2.31. The lowest BCUT2D eigenvalue weighted by atomic mass is 10.2. The second-order valence-electron chi connectivity index (χ2n) is 4.32. The van der Waals surface area contributed by atoms with E-state index in [9.17, 15) is 0 Å². The van der Waals surface area contributed by atoms with Crippen LogP contribution in [0, 0.1) is 13.8 Å². The molecular weight excluding hydrogens is 226 g/mol. The van der Waals surface area contributed by atoms with Crippen molar-refractivity contribution in [3.05, 3.63) is 41.7 Å². The number of rotatable bonds is 1. The van der Waals surface area contributed by atoms with Gasteiger partial charge in [-0.2, -0.15) is 0 Å². The highest BCUT2D eigenvalue weighted by molar-refractivity contribution is 5.63. The Morgan fingerprint density at radius 2 is 1.94 bits per heavy atom. The second kappa shape index (κ2) is 3.80. The number of nitrogens with zero attached hydrogens (tertiary/aromatic N) is 4. The molecule has 2 N–H and O–H groups in total. The van der Waals surface area contributed by atoms with Crippen LogP contribution in [-0.4, -0.2) is 19.6 Å². The van der Waals surface area contributed by atoms with Crippen LogP contribution in [-0.2, 0) is 0 Å². The summed E-state index contributed by atoms with van der Waals surface area (Å²) in [5.74, 6) is 1.38. The average Bonchev–Trinajstić information content (AvgIpc) is 2.72. The van der Waals surface area contributed by atoms with Gasteiger partial charge in [-0.3, -0.25) is 4.40 Å². The van der Waals surface area contributed by atoms with E-state index in [1.54, 1.807) is 0 Å². The highest BCUT2D eigenvalue weighted by Gasteiger charge is 2.11. The standard InChI is InChI=1S/C13H13N5/c1-8-6-9(2)18-12(16-17-13(18)15-8)10-4-3-5-11(14)7-10/h3-7H,14H2,1-2H3. The number of aryl methyl sites for hydroxylation is 2. The minimum atomic E-state index is 0.616. The van der Waals surface area contributed by atoms with Crippen molar-refractivity contribution < 1.29 is 0 Å². The van der Waals surface area contributed by atoms with Gasteiger partial charge < -0.3 is 5.73 Å². The zero-order valence-corrected chi connectivity index (χ0v) is 10.3. The first-order valence-electron chi connectivity index (χ1n) is 5.70. The van der Waals surface area contributed by atoms with Gasteiger partial charge in [-0.25, -0.2) is 4.98 Å². The number of nitrogen functional groups attached to an aromatic ring is 1. The van der Waals surface area contributed by atoms with Crippen LogP contribution >= 0.6 is 0 Å². The zero-order valence-electron chi connectivity index (χ0n) is 10.3. The monoisotopic (exact) mass is 239 g/mol. The molecule has 0 atom stereocenters. The maximum atomic E-state index is 5.80. The van der Waals surface area contributed by atoms with Gasteiger partial charge in [0, 0.05) is 22.6 Å². The summed E-state index contributed by atoms with van der Waals surface area (Å²) < 4.78 is 1.93. The Bertz CT molecular complexity index is 729. The normalized spacial score (nSPS) is 11.0. The second-order valence-corrected chi connectivity index (χ2v) is 4.32. The summed E-state index contributed by atoms with van der Waals surface area (Å²) in [4.78, 5) is 4.36. The van der Waals surface area contributed by atoms with Gasteiger partial charge in [-0.1, -0.05) is 12.1 Å². The molecule has 0 aliphatic carbocycles. The Morgan fingerprint density at radius 1 is 1.11 bits per heavy atom. The van der Waals surface area contributed by atoms with Gasteiger partial charge in [0.2, 0.25) is 0 Å². The molecule has 90 valence electrons. The van der Waals surface area contributed by atoms with Crippen LogP contribution in [0.1, 0.15) is 11.4 Å². The van der Waals surface area contributed by atoms with Crippen molar-refractivity contribution in [3.8, 4) is 11.4 Å². The summed E-state index contributed by atoms with van der Waals surface area (Å²) >= 11 is 0. The van der Waals surface area contributed by atoms with E-state index in [4.69, 9.17) is 5.73 Å². The van der Waals surface area contributed by atoms with Gasteiger partial charge in [0.05, 0.1) is 0 Å². The van der Waals surface area contributed by atoms with Crippen molar-refractivity contribution in [2.75, 3.05) is 5.73 Å². The van der Waals surface area contributed by atoms with E-state index in [0.717, 1.165) is 22.8 Å². The number of hydrogen-bond donors (Lipinski definition) is 1. The van der Waals surface area contributed by atoms with E-state index in [1.165, 1.54) is 0 Å². The Hall–Kier alpha value is -2.43. The lowest BCUT2D eigenvalue weighted by molar-refractivity contribution is 1.02. The molecule has 0 spiro atoms. The molecule has 3 rings (SSSR count). The molecule has 0 aliphatic heterocycles. The summed E-state index contributed by atoms with van der Waals surface area (Å²) in [7, 11) is 0. The van der Waals surface area contributed by atoms with Gasteiger partial charge in [-0.05, 0) is 32.0 Å². The molecule has 0 aliphatic rings. The smallest absolute Gasteiger partial charge is 0.255 e. The summed E-state index contributed by atoms with van der Waals surface area (Å²) in [6.07, 6.45) is 0. The summed E-state index contributed by atoms with van der Waals surface area (Å²) in [5, 5.41) is 8.31. The van der Waals surface area contributed by atoms with Crippen molar-refractivity contribution >= 4 is 11.5 Å². The molecule has 5 nitrogen and oxygen atoms in total. The van der Waals surface area contributed by atoms with E-state index in [-0.39, 0.29) is 0 Å². The molecule has 0 bridgehead atoms. The maximum Gasteiger partial charge on any atom is 0.255 e. The zero-order chi connectivity index (χ0) is 12.7. The molecule has 18 heavy (non-hydrogen) atoms. The fourth-order valence-corrected chi connectivity index (χ4v) is 2.09. The van der Waals surface area contributed by atoms with E-state index < -0.39 is 0 Å². The first-order valence-corrected chi connectivity index (χ1v) is 5.70. The quantitative estimate of drug-likeness (QED) is 0.659. The minimum absolute atomic E-state index is 0.616. The number of fused-ring (bicyclic) bond motifs is 1. The third-order valence-electron chi connectivity index (χ3n) is 2.84. The molecule has 3 aromatic rings. The molecule has 0 amide bonds. The predicted octanol–water partition coefficient (Wildman–Crippen LogP) is 1.99. The lowest BCUT2D eigenvalue weighted by Gasteiger charge is -2.04. The van der Waals surface area contributed by atoms with Gasteiger partial charge in [0.1, 0.15) is 0 Å². The van der Waals surface area contributed by atoms with E-state index in [2.05, 4.69) is 15.2 Å². The van der Waals surface area contributed by atoms with Crippen LogP contribution < -0.4 is 5.73 Å². The number of nitrogens with two attached hydrogens (primary N) is 1. The molecule has 0 radical (unpaired) electrons. The van der Waals surface area contributed by atoms with Crippen LogP contribution in [0.5, 0.6) is 0 Å². The minimum Gasteiger partial charge on any atom is -0.399 e. The molecule has 0 saturated carbocycles. The average molecular weight is 239 g/mol. The fourth-order valence-electron chi connectivity index (χ4n) is 2.09. The highest BCUT2D eigenvalue weighted by atomic mass is 15.3. The van der Waals surface area contributed by atoms with Gasteiger partial charge in [-0.15, -0.1) is 10.2 Å². The maximum absolute atomic E-state index is 5.80. The highest BCUT2D eigenvalue weighted by Crippen LogP contribution is 2.21. The number of aromatic nitrogens is 4. The van der Waals surface area contributed by atoms with Gasteiger partial charge >= 0.3 is 0 Å². The Labute approximate surface area is 104 Å². The molecule has 2 aromatic heterocycles. The largest absolute Gasteiger partial charge is 0.399 e. The summed E-state index contributed by atoms with van der Waals surface area (Å²) in [6.45, 7) is 3.96. The topological polar surface area (TPSA) is 69.1 Å². The van der Waals surface area contributed by atoms with Crippen LogP contribution in [0.15, 0.2) is 30.3 Å². The fraction of sp³-hybridized carbons (Fsp3) is 0.154. The number of benzene rings is 1. The van der Waals surface area contributed by atoms with Crippen LogP contribution in [0.25, 0.3) is 17.2 Å². The first kappa shape index (κ1) is 10.7. The van der Waals surface area contributed by atoms with Crippen molar-refractivity contribution in [1.82, 2.24) is 19.6 Å². The van der Waals surface area contributed by atoms with Gasteiger partial charge in [0.25, 0.3) is 5.78 Å². The molecule has 1 aromatic carbocycles.